The van der Waals surface area contributed by atoms with Crippen LogP contribution in [-0.2, 0) is 5.41 Å². The van der Waals surface area contributed by atoms with E-state index in [0.29, 0.717) is 5.56 Å². The van der Waals surface area contributed by atoms with E-state index in [-0.39, 0.29) is 28.7 Å². The van der Waals surface area contributed by atoms with Gasteiger partial charge >= 0.3 is 6.01 Å². The first-order chi connectivity index (χ1) is 12.3. The van der Waals surface area contributed by atoms with Crippen molar-refractivity contribution >= 4 is 5.82 Å². The van der Waals surface area contributed by atoms with Crippen LogP contribution in [0, 0.1) is 11.6 Å². The topological polar surface area (TPSA) is 73.9 Å². The average Bonchev–Trinajstić information content (AvgIpc) is 2.59. The van der Waals surface area contributed by atoms with Crippen molar-refractivity contribution in [3.05, 3.63) is 60.1 Å². The monoisotopic (exact) mass is 356 g/mol. The van der Waals surface area contributed by atoms with Gasteiger partial charge in [0.25, 0.3) is 0 Å². The zero-order valence-corrected chi connectivity index (χ0v) is 14.6. The molecule has 0 aliphatic heterocycles. The smallest absolute Gasteiger partial charge is 0.321 e. The van der Waals surface area contributed by atoms with E-state index >= 15 is 4.39 Å². The second-order valence-electron chi connectivity index (χ2n) is 6.78. The first kappa shape index (κ1) is 17.7. The van der Waals surface area contributed by atoms with Gasteiger partial charge in [0.15, 0.2) is 23.2 Å². The molecule has 0 saturated heterocycles. The molecular weight excluding hydrogens is 338 g/mol. The molecule has 1 aromatic carbocycles. The summed E-state index contributed by atoms with van der Waals surface area (Å²) in [5.74, 6) is -1.60. The third-order valence-electron chi connectivity index (χ3n) is 3.82. The van der Waals surface area contributed by atoms with Gasteiger partial charge in [0.05, 0.1) is 0 Å². The normalized spacial score (nSPS) is 11.4. The minimum Gasteiger partial charge on any atom is -0.421 e. The molecule has 2 aromatic heterocycles. The fraction of sp³-hybridized carbons (Fsp3) is 0.211. The van der Waals surface area contributed by atoms with Crippen molar-refractivity contribution in [2.24, 2.45) is 0 Å². The molecule has 134 valence electrons. The van der Waals surface area contributed by atoms with Crippen molar-refractivity contribution < 1.29 is 13.5 Å². The molecule has 2 N–H and O–H groups in total. The van der Waals surface area contributed by atoms with E-state index in [9.17, 15) is 4.39 Å². The summed E-state index contributed by atoms with van der Waals surface area (Å²) in [6.07, 6.45) is 4.32. The maximum atomic E-state index is 15.3. The molecular formula is C19H18F2N4O. The Balaban J connectivity index is 2.16. The van der Waals surface area contributed by atoms with Crippen LogP contribution in [0.25, 0.3) is 11.1 Å². The van der Waals surface area contributed by atoms with Crippen LogP contribution in [0.3, 0.4) is 0 Å². The summed E-state index contributed by atoms with van der Waals surface area (Å²) in [7, 11) is 0. The van der Waals surface area contributed by atoms with Gasteiger partial charge < -0.3 is 10.5 Å². The Labute approximate surface area is 149 Å². The summed E-state index contributed by atoms with van der Waals surface area (Å²) in [6.45, 7) is 5.81. The molecule has 5 nitrogen and oxygen atoms in total. The van der Waals surface area contributed by atoms with Crippen molar-refractivity contribution in [3.63, 3.8) is 0 Å². The third-order valence-corrected chi connectivity index (χ3v) is 3.82. The maximum absolute atomic E-state index is 15.3. The lowest BCUT2D eigenvalue weighted by atomic mass is 9.85. The van der Waals surface area contributed by atoms with Gasteiger partial charge in [-0.25, -0.2) is 23.7 Å². The van der Waals surface area contributed by atoms with Gasteiger partial charge in [-0.1, -0.05) is 32.9 Å². The maximum Gasteiger partial charge on any atom is 0.321 e. The second kappa shape index (κ2) is 6.67. The summed E-state index contributed by atoms with van der Waals surface area (Å²) in [4.78, 5) is 11.7. The molecule has 0 spiro atoms. The average molecular weight is 356 g/mol. The molecule has 7 heteroatoms. The molecule has 0 aliphatic rings. The van der Waals surface area contributed by atoms with Crippen LogP contribution in [0.1, 0.15) is 26.3 Å². The van der Waals surface area contributed by atoms with Gasteiger partial charge in [-0.3, -0.25) is 0 Å². The Kier molecular flexibility index (Phi) is 4.54. The van der Waals surface area contributed by atoms with Crippen LogP contribution < -0.4 is 10.5 Å². The molecule has 3 rings (SSSR count). The lowest BCUT2D eigenvalue weighted by Crippen LogP contribution is -2.14. The number of nitrogens with two attached hydrogens (primary N) is 1. The van der Waals surface area contributed by atoms with E-state index in [1.807, 2.05) is 20.8 Å². The molecule has 0 unspecified atom stereocenters. The number of nitrogens with zero attached hydrogens (tertiary/aromatic N) is 3. The van der Waals surface area contributed by atoms with Crippen molar-refractivity contribution in [2.75, 3.05) is 5.73 Å². The summed E-state index contributed by atoms with van der Waals surface area (Å²) in [6, 6.07) is 6.11. The number of aromatic nitrogens is 3. The number of halogens is 2. The van der Waals surface area contributed by atoms with Gasteiger partial charge in [-0.15, -0.1) is 0 Å². The highest BCUT2D eigenvalue weighted by molar-refractivity contribution is 5.68. The predicted molar refractivity (Wildman–Crippen MR) is 94.8 cm³/mol. The van der Waals surface area contributed by atoms with Gasteiger partial charge in [0, 0.05) is 35.3 Å². The number of benzene rings is 1. The van der Waals surface area contributed by atoms with Crippen LogP contribution >= 0.6 is 0 Å². The van der Waals surface area contributed by atoms with Crippen LogP contribution in [0.2, 0.25) is 0 Å². The largest absolute Gasteiger partial charge is 0.421 e. The van der Waals surface area contributed by atoms with Crippen molar-refractivity contribution in [3.8, 4) is 22.9 Å². The molecule has 0 bridgehead atoms. The van der Waals surface area contributed by atoms with E-state index < -0.39 is 17.0 Å². The highest BCUT2D eigenvalue weighted by Crippen LogP contribution is 2.39. The number of anilines is 1. The first-order valence-corrected chi connectivity index (χ1v) is 7.96. The minimum absolute atomic E-state index is 0.00145. The lowest BCUT2D eigenvalue weighted by molar-refractivity contribution is 0.394. The zero-order chi connectivity index (χ0) is 18.9. The Morgan fingerprint density at radius 3 is 2.35 bits per heavy atom. The van der Waals surface area contributed by atoms with Crippen molar-refractivity contribution in [1.82, 2.24) is 15.0 Å². The fourth-order valence-electron chi connectivity index (χ4n) is 2.49. The summed E-state index contributed by atoms with van der Waals surface area (Å²) < 4.78 is 34.7. The van der Waals surface area contributed by atoms with Crippen LogP contribution in [0.15, 0.2) is 42.9 Å². The number of nitrogen functional groups attached to an aromatic ring is 1. The first-order valence-electron chi connectivity index (χ1n) is 7.96. The number of hydrogen-bond donors (Lipinski definition) is 1. The third kappa shape index (κ3) is 3.46. The second-order valence-corrected chi connectivity index (χ2v) is 6.78. The van der Waals surface area contributed by atoms with E-state index in [4.69, 9.17) is 10.5 Å². The summed E-state index contributed by atoms with van der Waals surface area (Å²) in [5, 5.41) is 0. The lowest BCUT2D eigenvalue weighted by Gasteiger charge is -2.23. The number of hydrogen-bond acceptors (Lipinski definition) is 5. The molecule has 0 amide bonds. The highest BCUT2D eigenvalue weighted by atomic mass is 19.1. The molecule has 3 aromatic rings. The number of ether oxygens (including phenoxy) is 1. The van der Waals surface area contributed by atoms with Crippen LogP contribution in [-0.4, -0.2) is 15.0 Å². The van der Waals surface area contributed by atoms with E-state index in [0.717, 1.165) is 6.07 Å². The molecule has 0 radical (unpaired) electrons. The molecule has 0 atom stereocenters. The number of pyridine rings is 1. The Morgan fingerprint density at radius 2 is 1.73 bits per heavy atom. The SMILES string of the molecule is CC(C)(C)c1ccc(-c2cnc(N)c(F)c2)c(F)c1Oc1ncccn1. The standard InChI is InChI=1S/C19H18F2N4O/c1-19(2,3)13-6-5-12(11-9-14(20)17(22)25-10-11)15(21)16(13)26-18-23-7-4-8-24-18/h4-10H,1-3H3,(H2,22,25). The Hall–Kier alpha value is -3.09. The van der Waals surface area contributed by atoms with Gasteiger partial charge in [-0.05, 0) is 17.5 Å². The molecule has 2 heterocycles. The summed E-state index contributed by atoms with van der Waals surface area (Å²) >= 11 is 0. The van der Waals surface area contributed by atoms with Gasteiger partial charge in [-0.2, -0.15) is 0 Å². The Morgan fingerprint density at radius 1 is 1.04 bits per heavy atom. The zero-order valence-electron chi connectivity index (χ0n) is 14.6. The van der Waals surface area contributed by atoms with Crippen LogP contribution in [0.4, 0.5) is 14.6 Å². The van der Waals surface area contributed by atoms with E-state index in [1.165, 1.54) is 18.6 Å². The molecule has 0 saturated carbocycles. The Bertz CT molecular complexity index is 940. The molecule has 26 heavy (non-hydrogen) atoms. The molecule has 0 aliphatic carbocycles. The molecule has 0 fully saturated rings. The summed E-state index contributed by atoms with van der Waals surface area (Å²) in [5.41, 5.74) is 6.04. The predicted octanol–water partition coefficient (Wildman–Crippen LogP) is 4.49. The van der Waals surface area contributed by atoms with E-state index in [2.05, 4.69) is 15.0 Å². The highest BCUT2D eigenvalue weighted by Gasteiger charge is 2.25. The van der Waals surface area contributed by atoms with Crippen LogP contribution in [0.5, 0.6) is 11.8 Å². The van der Waals surface area contributed by atoms with Gasteiger partial charge in [0.1, 0.15) is 0 Å². The fourth-order valence-corrected chi connectivity index (χ4v) is 2.49. The quantitative estimate of drug-likeness (QED) is 0.748. The minimum atomic E-state index is -0.712. The van der Waals surface area contributed by atoms with Crippen molar-refractivity contribution in [1.29, 1.82) is 0 Å². The van der Waals surface area contributed by atoms with Crippen molar-refractivity contribution in [2.45, 2.75) is 26.2 Å². The number of rotatable bonds is 3. The van der Waals surface area contributed by atoms with E-state index in [1.54, 1.807) is 18.2 Å². The van der Waals surface area contributed by atoms with Gasteiger partial charge in [0.2, 0.25) is 0 Å².